The molecule has 1 aliphatic rings. The van der Waals surface area contributed by atoms with Crippen LogP contribution in [0.5, 0.6) is 0 Å². The van der Waals surface area contributed by atoms with Gasteiger partial charge in [0.25, 0.3) is 0 Å². The highest BCUT2D eigenvalue weighted by molar-refractivity contribution is 6.20. The van der Waals surface area contributed by atoms with Crippen LogP contribution >= 0.6 is 11.6 Å². The van der Waals surface area contributed by atoms with Crippen LogP contribution in [0.4, 0.5) is 4.39 Å². The van der Waals surface area contributed by atoms with Crippen LogP contribution in [0.3, 0.4) is 0 Å². The van der Waals surface area contributed by atoms with Crippen molar-refractivity contribution in [1.29, 1.82) is 0 Å². The van der Waals surface area contributed by atoms with Gasteiger partial charge in [-0.3, -0.25) is 0 Å². The summed E-state index contributed by atoms with van der Waals surface area (Å²) in [5, 5.41) is -0.219. The van der Waals surface area contributed by atoms with E-state index in [4.69, 9.17) is 11.6 Å². The number of imidazole rings is 1. The molecule has 2 nitrogen and oxygen atoms in total. The minimum atomic E-state index is -0.265. The Morgan fingerprint density at radius 3 is 2.71 bits per heavy atom. The summed E-state index contributed by atoms with van der Waals surface area (Å²) in [7, 11) is 0. The van der Waals surface area contributed by atoms with Crippen LogP contribution in [0.1, 0.15) is 57.2 Å². The number of benzene rings is 1. The maximum atomic E-state index is 14.0. The van der Waals surface area contributed by atoms with Gasteiger partial charge in [0.15, 0.2) is 5.82 Å². The Balaban J connectivity index is 2.07. The van der Waals surface area contributed by atoms with E-state index >= 15 is 0 Å². The van der Waals surface area contributed by atoms with Gasteiger partial charge in [-0.2, -0.15) is 0 Å². The fourth-order valence-corrected chi connectivity index (χ4v) is 3.71. The second-order valence-corrected chi connectivity index (χ2v) is 7.31. The van der Waals surface area contributed by atoms with Crippen molar-refractivity contribution in [3.05, 3.63) is 29.8 Å². The number of aromatic nitrogens is 2. The van der Waals surface area contributed by atoms with Crippen LogP contribution in [-0.2, 0) is 6.54 Å². The van der Waals surface area contributed by atoms with E-state index in [1.807, 2.05) is 13.0 Å². The Kier molecular flexibility index (Phi) is 3.96. The molecule has 21 heavy (non-hydrogen) atoms. The maximum Gasteiger partial charge on any atom is 0.151 e. The third kappa shape index (κ3) is 2.80. The van der Waals surface area contributed by atoms with Crippen molar-refractivity contribution in [3.8, 4) is 0 Å². The molecule has 1 fully saturated rings. The molecule has 0 N–H and O–H groups in total. The normalized spacial score (nSPS) is 19.8. The molecule has 1 aliphatic carbocycles. The second-order valence-electron chi connectivity index (χ2n) is 6.65. The maximum absolute atomic E-state index is 14.0. The molecule has 2 aromatic rings. The topological polar surface area (TPSA) is 17.8 Å². The van der Waals surface area contributed by atoms with Crippen LogP contribution < -0.4 is 0 Å². The zero-order valence-electron chi connectivity index (χ0n) is 12.7. The highest BCUT2D eigenvalue weighted by Crippen LogP contribution is 2.39. The van der Waals surface area contributed by atoms with Crippen molar-refractivity contribution in [3.63, 3.8) is 0 Å². The van der Waals surface area contributed by atoms with Crippen LogP contribution in [0.15, 0.2) is 18.2 Å². The lowest BCUT2D eigenvalue weighted by atomic mass is 9.75. The van der Waals surface area contributed by atoms with Gasteiger partial charge in [0.2, 0.25) is 0 Å². The summed E-state index contributed by atoms with van der Waals surface area (Å²) < 4.78 is 16.1. The van der Waals surface area contributed by atoms with Gasteiger partial charge in [0, 0.05) is 6.54 Å². The minimum Gasteiger partial charge on any atom is -0.326 e. The lowest BCUT2D eigenvalue weighted by molar-refractivity contribution is 0.183. The molecular formula is C17H22ClFN2. The van der Waals surface area contributed by atoms with E-state index in [0.29, 0.717) is 5.52 Å². The van der Waals surface area contributed by atoms with Crippen molar-refractivity contribution in [2.24, 2.45) is 5.41 Å². The van der Waals surface area contributed by atoms with Gasteiger partial charge in [-0.05, 0) is 37.3 Å². The summed E-state index contributed by atoms with van der Waals surface area (Å²) in [6, 6.07) is 5.16. The first-order valence-electron chi connectivity index (χ1n) is 7.79. The van der Waals surface area contributed by atoms with Crippen molar-refractivity contribution >= 4 is 22.6 Å². The molecule has 0 spiro atoms. The third-order valence-corrected chi connectivity index (χ3v) is 4.91. The minimum absolute atomic E-state index is 0.219. The molecule has 1 atom stereocenters. The largest absolute Gasteiger partial charge is 0.326 e. The number of para-hydroxylation sites is 1. The molecule has 0 saturated heterocycles. The number of hydrogen-bond acceptors (Lipinski definition) is 1. The lowest BCUT2D eigenvalue weighted by Gasteiger charge is -2.34. The summed E-state index contributed by atoms with van der Waals surface area (Å²) in [6.45, 7) is 5.11. The van der Waals surface area contributed by atoms with E-state index in [2.05, 4.69) is 16.5 Å². The quantitative estimate of drug-likeness (QED) is 0.690. The van der Waals surface area contributed by atoms with E-state index in [0.717, 1.165) is 17.9 Å². The average Bonchev–Trinajstić information content (AvgIpc) is 2.80. The average molecular weight is 309 g/mol. The van der Waals surface area contributed by atoms with Crippen LogP contribution in [0, 0.1) is 11.2 Å². The number of nitrogens with zero attached hydrogens (tertiary/aromatic N) is 2. The summed E-state index contributed by atoms with van der Waals surface area (Å²) in [5.74, 6) is 0.516. The molecular weight excluding hydrogens is 287 g/mol. The fourth-order valence-electron chi connectivity index (χ4n) is 3.55. The van der Waals surface area contributed by atoms with Crippen LogP contribution in [0.2, 0.25) is 0 Å². The number of hydrogen-bond donors (Lipinski definition) is 0. The van der Waals surface area contributed by atoms with E-state index in [9.17, 15) is 4.39 Å². The molecule has 1 aromatic carbocycles. The number of halogens is 2. The van der Waals surface area contributed by atoms with Gasteiger partial charge in [0.1, 0.15) is 11.3 Å². The molecule has 0 amide bonds. The van der Waals surface area contributed by atoms with Crippen molar-refractivity contribution in [1.82, 2.24) is 9.55 Å². The SMILES string of the molecule is CC(Cl)c1nc2c(F)cccc2n1CC1(C)CCCCC1. The van der Waals surface area contributed by atoms with E-state index in [1.165, 1.54) is 38.2 Å². The predicted molar refractivity (Wildman–Crippen MR) is 85.2 cm³/mol. The Bertz CT molecular complexity index is 642. The lowest BCUT2D eigenvalue weighted by Crippen LogP contribution is -2.27. The van der Waals surface area contributed by atoms with Crippen LogP contribution in [0.25, 0.3) is 11.0 Å². The van der Waals surface area contributed by atoms with E-state index in [1.54, 1.807) is 6.07 Å². The van der Waals surface area contributed by atoms with Crippen LogP contribution in [-0.4, -0.2) is 9.55 Å². The highest BCUT2D eigenvalue weighted by Gasteiger charge is 2.29. The molecule has 1 aromatic heterocycles. The summed E-state index contributed by atoms with van der Waals surface area (Å²) in [4.78, 5) is 4.46. The molecule has 1 saturated carbocycles. The van der Waals surface area contributed by atoms with Gasteiger partial charge < -0.3 is 4.57 Å². The Morgan fingerprint density at radius 1 is 1.33 bits per heavy atom. The molecule has 4 heteroatoms. The summed E-state index contributed by atoms with van der Waals surface area (Å²) >= 11 is 6.29. The van der Waals surface area contributed by atoms with Crippen molar-refractivity contribution < 1.29 is 4.39 Å². The predicted octanol–water partition coefficient (Wildman–Crippen LogP) is 5.45. The molecule has 0 aliphatic heterocycles. The van der Waals surface area contributed by atoms with Gasteiger partial charge >= 0.3 is 0 Å². The van der Waals surface area contributed by atoms with Gasteiger partial charge in [0.05, 0.1) is 10.9 Å². The standard InChI is InChI=1S/C17H22ClFN2/c1-12(18)16-20-15-13(19)7-6-8-14(15)21(16)11-17(2)9-4-3-5-10-17/h6-8,12H,3-5,9-11H2,1-2H3. The molecule has 3 rings (SSSR count). The number of rotatable bonds is 3. The first kappa shape index (κ1) is 14.8. The zero-order valence-corrected chi connectivity index (χ0v) is 13.5. The molecule has 1 unspecified atom stereocenters. The van der Waals surface area contributed by atoms with Crippen molar-refractivity contribution in [2.45, 2.75) is 57.9 Å². The fraction of sp³-hybridized carbons (Fsp3) is 0.588. The van der Waals surface area contributed by atoms with E-state index in [-0.39, 0.29) is 16.6 Å². The summed E-state index contributed by atoms with van der Waals surface area (Å²) in [6.07, 6.45) is 6.33. The first-order chi connectivity index (χ1) is 10.0. The Morgan fingerprint density at radius 2 is 2.05 bits per heavy atom. The summed E-state index contributed by atoms with van der Waals surface area (Å²) in [5.41, 5.74) is 1.57. The Labute approximate surface area is 130 Å². The monoisotopic (exact) mass is 308 g/mol. The zero-order chi connectivity index (χ0) is 15.0. The Hall–Kier alpha value is -1.09. The molecule has 0 bridgehead atoms. The number of fused-ring (bicyclic) bond motifs is 1. The molecule has 0 radical (unpaired) electrons. The van der Waals surface area contributed by atoms with E-state index < -0.39 is 0 Å². The molecule has 1 heterocycles. The second kappa shape index (κ2) is 5.60. The van der Waals surface area contributed by atoms with Crippen molar-refractivity contribution in [2.75, 3.05) is 0 Å². The highest BCUT2D eigenvalue weighted by atomic mass is 35.5. The van der Waals surface area contributed by atoms with Gasteiger partial charge in [-0.1, -0.05) is 32.3 Å². The third-order valence-electron chi connectivity index (χ3n) is 4.72. The smallest absolute Gasteiger partial charge is 0.151 e. The first-order valence-corrected chi connectivity index (χ1v) is 8.22. The number of alkyl halides is 1. The van der Waals surface area contributed by atoms with Gasteiger partial charge in [-0.15, -0.1) is 11.6 Å². The molecule has 114 valence electrons. The van der Waals surface area contributed by atoms with Gasteiger partial charge in [-0.25, -0.2) is 9.37 Å².